The molecular formula is C26H23N3O3S. The maximum Gasteiger partial charge on any atom is 0.267 e. The van der Waals surface area contributed by atoms with E-state index in [4.69, 9.17) is 9.72 Å². The summed E-state index contributed by atoms with van der Waals surface area (Å²) in [6.07, 6.45) is -0.441. The Kier molecular flexibility index (Phi) is 5.56. The Labute approximate surface area is 196 Å². The molecule has 0 saturated heterocycles. The maximum atomic E-state index is 13.6. The largest absolute Gasteiger partial charge is 0.479 e. The molecule has 0 bridgehead atoms. The molecule has 0 aliphatic carbocycles. The number of rotatable bonds is 5. The summed E-state index contributed by atoms with van der Waals surface area (Å²) < 4.78 is 6.74. The fraction of sp³-hybridized carbons (Fsp3) is 0.192. The van der Waals surface area contributed by atoms with Gasteiger partial charge in [-0.15, -0.1) is 0 Å². The number of ether oxygens (including phenoxy) is 1. The van der Waals surface area contributed by atoms with Gasteiger partial charge >= 0.3 is 0 Å². The number of carbonyl (C=O) groups is 2. The van der Waals surface area contributed by atoms with Crippen LogP contribution in [-0.4, -0.2) is 29.4 Å². The highest BCUT2D eigenvalue weighted by molar-refractivity contribution is 7.22. The van der Waals surface area contributed by atoms with E-state index in [0.29, 0.717) is 16.6 Å². The smallest absolute Gasteiger partial charge is 0.267 e. The number of carbonyl (C=O) groups excluding carboxylic acids is 2. The normalized spacial score (nSPS) is 15.3. The van der Waals surface area contributed by atoms with E-state index in [9.17, 15) is 9.59 Å². The molecule has 0 N–H and O–H groups in total. The number of thiazole rings is 1. The van der Waals surface area contributed by atoms with Crippen LogP contribution < -0.4 is 14.5 Å². The molecule has 3 aromatic carbocycles. The van der Waals surface area contributed by atoms with Crippen molar-refractivity contribution in [1.29, 1.82) is 0 Å². The minimum Gasteiger partial charge on any atom is -0.479 e. The molecule has 1 unspecified atom stereocenters. The molecule has 166 valence electrons. The summed E-state index contributed by atoms with van der Waals surface area (Å²) in [5.41, 5.74) is 3.32. The molecule has 4 aromatic rings. The number of benzene rings is 3. The van der Waals surface area contributed by atoms with E-state index in [1.54, 1.807) is 16.7 Å². The number of fused-ring (bicyclic) bond motifs is 2. The van der Waals surface area contributed by atoms with Crippen LogP contribution in [0.4, 0.5) is 16.5 Å². The van der Waals surface area contributed by atoms with Gasteiger partial charge in [0.25, 0.3) is 5.91 Å². The van der Waals surface area contributed by atoms with E-state index in [0.717, 1.165) is 21.5 Å². The standard InChI is InChI=1S/C26H23N3O3S/c1-17-9-3-5-11-20(17)29(26-27-19-10-4-8-14-23(19)33-26)24(30)15-16-28-21-12-6-7-13-22(21)32-18(2)25(28)31/h3-14,18H,15-16H2,1-2H3. The van der Waals surface area contributed by atoms with Gasteiger partial charge in [0.05, 0.1) is 21.6 Å². The van der Waals surface area contributed by atoms with Gasteiger partial charge in [-0.3, -0.25) is 14.5 Å². The third-order valence-corrected chi connectivity index (χ3v) is 6.72. The summed E-state index contributed by atoms with van der Waals surface area (Å²) in [6.45, 7) is 3.97. The van der Waals surface area contributed by atoms with Crippen LogP contribution in [0.25, 0.3) is 10.2 Å². The lowest BCUT2D eigenvalue weighted by molar-refractivity contribution is -0.125. The molecule has 0 saturated carbocycles. The summed E-state index contributed by atoms with van der Waals surface area (Å²) in [7, 11) is 0. The fourth-order valence-electron chi connectivity index (χ4n) is 4.02. The number of anilines is 3. The molecule has 1 aromatic heterocycles. The van der Waals surface area contributed by atoms with Crippen LogP contribution in [0.5, 0.6) is 5.75 Å². The summed E-state index contributed by atoms with van der Waals surface area (Å²) in [5, 5.41) is 0.623. The van der Waals surface area contributed by atoms with Crippen molar-refractivity contribution in [1.82, 2.24) is 4.98 Å². The highest BCUT2D eigenvalue weighted by Crippen LogP contribution is 2.37. The topological polar surface area (TPSA) is 62.7 Å². The van der Waals surface area contributed by atoms with Gasteiger partial charge in [-0.05, 0) is 49.7 Å². The summed E-state index contributed by atoms with van der Waals surface area (Å²) in [6, 6.07) is 23.0. The molecule has 5 rings (SSSR count). The number of hydrogen-bond acceptors (Lipinski definition) is 5. The van der Waals surface area contributed by atoms with Gasteiger partial charge in [0, 0.05) is 13.0 Å². The first-order valence-corrected chi connectivity index (χ1v) is 11.7. The Morgan fingerprint density at radius 1 is 1.06 bits per heavy atom. The number of aryl methyl sites for hydroxylation is 1. The molecule has 1 atom stereocenters. The van der Waals surface area contributed by atoms with Gasteiger partial charge in [0.15, 0.2) is 11.2 Å². The number of para-hydroxylation sites is 4. The van der Waals surface area contributed by atoms with E-state index in [1.165, 1.54) is 11.3 Å². The average Bonchev–Trinajstić information content (AvgIpc) is 3.24. The van der Waals surface area contributed by atoms with Crippen molar-refractivity contribution in [3.8, 4) is 5.75 Å². The summed E-state index contributed by atoms with van der Waals surface area (Å²) in [4.78, 5) is 34.5. The molecule has 0 fully saturated rings. The number of aromatic nitrogens is 1. The van der Waals surface area contributed by atoms with Crippen LogP contribution in [0.3, 0.4) is 0 Å². The highest BCUT2D eigenvalue weighted by atomic mass is 32.1. The second-order valence-corrected chi connectivity index (χ2v) is 8.96. The number of nitrogens with zero attached hydrogens (tertiary/aromatic N) is 3. The zero-order valence-electron chi connectivity index (χ0n) is 18.4. The van der Waals surface area contributed by atoms with Crippen LogP contribution in [0, 0.1) is 6.92 Å². The average molecular weight is 458 g/mol. The quantitative estimate of drug-likeness (QED) is 0.398. The lowest BCUT2D eigenvalue weighted by atomic mass is 10.1. The second kappa shape index (κ2) is 8.67. The monoisotopic (exact) mass is 457 g/mol. The van der Waals surface area contributed by atoms with E-state index in [2.05, 4.69) is 0 Å². The minimum atomic E-state index is -0.591. The summed E-state index contributed by atoms with van der Waals surface area (Å²) >= 11 is 1.48. The van der Waals surface area contributed by atoms with Crippen molar-refractivity contribution >= 4 is 49.9 Å². The predicted octanol–water partition coefficient (Wildman–Crippen LogP) is 5.47. The van der Waals surface area contributed by atoms with E-state index in [1.807, 2.05) is 79.7 Å². The first kappa shape index (κ1) is 21.2. The molecule has 7 heteroatoms. The number of amides is 2. The third kappa shape index (κ3) is 3.96. The van der Waals surface area contributed by atoms with Crippen molar-refractivity contribution in [2.75, 3.05) is 16.3 Å². The van der Waals surface area contributed by atoms with Gasteiger partial charge in [-0.2, -0.15) is 0 Å². The minimum absolute atomic E-state index is 0.118. The maximum absolute atomic E-state index is 13.6. The van der Waals surface area contributed by atoms with Crippen LogP contribution in [0.2, 0.25) is 0 Å². The fourth-order valence-corrected chi connectivity index (χ4v) is 5.02. The van der Waals surface area contributed by atoms with Crippen molar-refractivity contribution in [2.45, 2.75) is 26.4 Å². The first-order chi connectivity index (χ1) is 16.0. The molecular weight excluding hydrogens is 434 g/mol. The van der Waals surface area contributed by atoms with E-state index < -0.39 is 6.10 Å². The molecule has 33 heavy (non-hydrogen) atoms. The SMILES string of the molecule is Cc1ccccc1N(C(=O)CCN1C(=O)C(C)Oc2ccccc21)c1nc2ccccc2s1. The molecule has 6 nitrogen and oxygen atoms in total. The Balaban J connectivity index is 1.47. The van der Waals surface area contributed by atoms with Crippen LogP contribution in [-0.2, 0) is 9.59 Å². The molecule has 0 radical (unpaired) electrons. The zero-order chi connectivity index (χ0) is 22.9. The van der Waals surface area contributed by atoms with Crippen LogP contribution in [0.1, 0.15) is 18.9 Å². The van der Waals surface area contributed by atoms with Crippen LogP contribution >= 0.6 is 11.3 Å². The van der Waals surface area contributed by atoms with Crippen molar-refractivity contribution < 1.29 is 14.3 Å². The van der Waals surface area contributed by atoms with Gasteiger partial charge in [-0.25, -0.2) is 4.98 Å². The molecule has 0 spiro atoms. The van der Waals surface area contributed by atoms with E-state index >= 15 is 0 Å². The van der Waals surface area contributed by atoms with Gasteiger partial charge in [0.2, 0.25) is 5.91 Å². The first-order valence-electron chi connectivity index (χ1n) is 10.8. The number of hydrogen-bond donors (Lipinski definition) is 0. The molecule has 1 aliphatic rings. The van der Waals surface area contributed by atoms with Crippen molar-refractivity contribution in [3.63, 3.8) is 0 Å². The van der Waals surface area contributed by atoms with Crippen molar-refractivity contribution in [2.24, 2.45) is 0 Å². The second-order valence-electron chi connectivity index (χ2n) is 7.95. The summed E-state index contributed by atoms with van der Waals surface area (Å²) in [5.74, 6) is 0.385. The molecule has 1 aliphatic heterocycles. The van der Waals surface area contributed by atoms with Crippen LogP contribution in [0.15, 0.2) is 72.8 Å². The van der Waals surface area contributed by atoms with Gasteiger partial charge < -0.3 is 9.64 Å². The Morgan fingerprint density at radius 2 is 1.79 bits per heavy atom. The Bertz CT molecular complexity index is 1320. The van der Waals surface area contributed by atoms with Gasteiger partial charge in [0.1, 0.15) is 5.75 Å². The lowest BCUT2D eigenvalue weighted by Gasteiger charge is -2.33. The highest BCUT2D eigenvalue weighted by Gasteiger charge is 2.32. The van der Waals surface area contributed by atoms with E-state index in [-0.39, 0.29) is 24.8 Å². The third-order valence-electron chi connectivity index (χ3n) is 5.70. The predicted molar refractivity (Wildman–Crippen MR) is 131 cm³/mol. The zero-order valence-corrected chi connectivity index (χ0v) is 19.2. The molecule has 2 heterocycles. The Hall–Kier alpha value is -3.71. The Morgan fingerprint density at radius 3 is 2.61 bits per heavy atom. The molecule has 2 amide bonds. The van der Waals surface area contributed by atoms with Crippen molar-refractivity contribution in [3.05, 3.63) is 78.4 Å². The lowest BCUT2D eigenvalue weighted by Crippen LogP contribution is -2.45. The van der Waals surface area contributed by atoms with Gasteiger partial charge in [-0.1, -0.05) is 53.8 Å².